The minimum atomic E-state index is -0.941. The number of ether oxygens (including phenoxy) is 1. The highest BCUT2D eigenvalue weighted by Crippen LogP contribution is 2.31. The molecule has 7 heteroatoms. The van der Waals surface area contributed by atoms with Crippen LogP contribution < -0.4 is 0 Å². The van der Waals surface area contributed by atoms with Gasteiger partial charge in [-0.15, -0.1) is 0 Å². The standard InChI is InChI=1S/C31H36N2O5/c1-21-16-33(22(2)19-34)30(35)28-11-7-6-10-27(28)26-9-5-4-8-25(26)20-38-29(21)18-32(3)17-23-12-14-24(15-13-23)31(36)37/h4-15,21-22,29,34H,16-20H2,1-3H3,(H,36,37)/t21-,22+,29+/m1/s1. The molecule has 0 radical (unpaired) electrons. The van der Waals surface area contributed by atoms with E-state index in [9.17, 15) is 14.7 Å². The van der Waals surface area contributed by atoms with Crippen molar-refractivity contribution in [2.24, 2.45) is 5.92 Å². The van der Waals surface area contributed by atoms with Gasteiger partial charge in [-0.3, -0.25) is 9.69 Å². The third-order valence-corrected chi connectivity index (χ3v) is 7.24. The Hall–Kier alpha value is -3.52. The molecule has 2 N–H and O–H groups in total. The molecular weight excluding hydrogens is 480 g/mol. The van der Waals surface area contributed by atoms with E-state index in [4.69, 9.17) is 9.84 Å². The van der Waals surface area contributed by atoms with E-state index in [2.05, 4.69) is 11.8 Å². The molecule has 7 nitrogen and oxygen atoms in total. The first-order valence-electron chi connectivity index (χ1n) is 13.0. The van der Waals surface area contributed by atoms with E-state index in [0.29, 0.717) is 31.8 Å². The Morgan fingerprint density at radius 3 is 2.32 bits per heavy atom. The quantitative estimate of drug-likeness (QED) is 0.479. The van der Waals surface area contributed by atoms with Crippen LogP contribution in [0.4, 0.5) is 0 Å². The Morgan fingerprint density at radius 2 is 1.66 bits per heavy atom. The third kappa shape index (κ3) is 6.30. The summed E-state index contributed by atoms with van der Waals surface area (Å²) in [5, 5.41) is 19.2. The summed E-state index contributed by atoms with van der Waals surface area (Å²) in [7, 11) is 2.01. The van der Waals surface area contributed by atoms with E-state index in [1.807, 2.05) is 74.6 Å². The van der Waals surface area contributed by atoms with Crippen molar-refractivity contribution in [3.63, 3.8) is 0 Å². The van der Waals surface area contributed by atoms with Gasteiger partial charge in [0, 0.05) is 31.1 Å². The predicted molar refractivity (Wildman–Crippen MR) is 147 cm³/mol. The smallest absolute Gasteiger partial charge is 0.335 e. The molecule has 1 heterocycles. The summed E-state index contributed by atoms with van der Waals surface area (Å²) in [6.45, 7) is 5.91. The zero-order valence-electron chi connectivity index (χ0n) is 22.2. The van der Waals surface area contributed by atoms with Crippen LogP contribution >= 0.6 is 0 Å². The fourth-order valence-electron chi connectivity index (χ4n) is 4.99. The number of hydrogen-bond acceptors (Lipinski definition) is 5. The second-order valence-corrected chi connectivity index (χ2v) is 10.2. The topological polar surface area (TPSA) is 90.3 Å². The average molecular weight is 517 g/mol. The minimum Gasteiger partial charge on any atom is -0.478 e. The molecule has 0 aliphatic carbocycles. The van der Waals surface area contributed by atoms with Crippen LogP contribution in [0.3, 0.4) is 0 Å². The van der Waals surface area contributed by atoms with Crippen LogP contribution in [0.15, 0.2) is 72.8 Å². The van der Waals surface area contributed by atoms with Crippen molar-refractivity contribution < 1.29 is 24.5 Å². The molecule has 0 unspecified atom stereocenters. The average Bonchev–Trinajstić information content (AvgIpc) is 2.94. The molecule has 200 valence electrons. The fraction of sp³-hybridized carbons (Fsp3) is 0.355. The molecule has 1 amide bonds. The van der Waals surface area contributed by atoms with Crippen molar-refractivity contribution in [3.05, 3.63) is 95.1 Å². The number of benzene rings is 3. The van der Waals surface area contributed by atoms with Gasteiger partial charge in [0.05, 0.1) is 30.9 Å². The number of fused-ring (bicyclic) bond motifs is 3. The van der Waals surface area contributed by atoms with E-state index < -0.39 is 5.97 Å². The monoisotopic (exact) mass is 516 g/mol. The summed E-state index contributed by atoms with van der Waals surface area (Å²) >= 11 is 0. The number of carbonyl (C=O) groups excluding carboxylic acids is 1. The van der Waals surface area contributed by atoms with Gasteiger partial charge >= 0.3 is 5.97 Å². The summed E-state index contributed by atoms with van der Waals surface area (Å²) in [4.78, 5) is 29.0. The van der Waals surface area contributed by atoms with Crippen molar-refractivity contribution in [2.75, 3.05) is 26.7 Å². The summed E-state index contributed by atoms with van der Waals surface area (Å²) in [6, 6.07) is 22.2. The summed E-state index contributed by atoms with van der Waals surface area (Å²) in [5.74, 6) is -1.05. The van der Waals surface area contributed by atoms with Gasteiger partial charge in [0.1, 0.15) is 0 Å². The fourth-order valence-corrected chi connectivity index (χ4v) is 4.99. The SMILES string of the molecule is C[C@@H]1CN([C@@H](C)CO)C(=O)c2ccccc2-c2ccccc2CO[C@H]1CN(C)Cc1ccc(C(=O)O)cc1. The molecule has 0 saturated heterocycles. The molecule has 0 bridgehead atoms. The first-order chi connectivity index (χ1) is 18.3. The van der Waals surface area contributed by atoms with Gasteiger partial charge in [0.25, 0.3) is 5.91 Å². The van der Waals surface area contributed by atoms with Gasteiger partial charge in [-0.05, 0) is 54.4 Å². The van der Waals surface area contributed by atoms with Crippen molar-refractivity contribution in [2.45, 2.75) is 39.1 Å². The second-order valence-electron chi connectivity index (χ2n) is 10.2. The zero-order valence-corrected chi connectivity index (χ0v) is 22.2. The molecule has 1 aliphatic heterocycles. The van der Waals surface area contributed by atoms with Crippen molar-refractivity contribution in [1.29, 1.82) is 0 Å². The molecular formula is C31H36N2O5. The molecule has 38 heavy (non-hydrogen) atoms. The molecule has 0 spiro atoms. The Labute approximate surface area is 224 Å². The lowest BCUT2D eigenvalue weighted by Gasteiger charge is -2.35. The summed E-state index contributed by atoms with van der Waals surface area (Å²) in [6.07, 6.45) is -0.186. The number of amides is 1. The zero-order chi connectivity index (χ0) is 27.2. The molecule has 3 aromatic rings. The first kappa shape index (κ1) is 27.5. The molecule has 4 rings (SSSR count). The van der Waals surface area contributed by atoms with Gasteiger partial charge in [0.15, 0.2) is 0 Å². The number of aliphatic hydroxyl groups is 1. The van der Waals surface area contributed by atoms with Crippen molar-refractivity contribution >= 4 is 11.9 Å². The van der Waals surface area contributed by atoms with Crippen LogP contribution in [-0.2, 0) is 17.9 Å². The van der Waals surface area contributed by atoms with Gasteiger partial charge < -0.3 is 19.8 Å². The maximum atomic E-state index is 13.9. The number of likely N-dealkylation sites (N-methyl/N-ethyl adjacent to an activating group) is 1. The van der Waals surface area contributed by atoms with Crippen LogP contribution in [-0.4, -0.2) is 70.8 Å². The van der Waals surface area contributed by atoms with E-state index in [1.54, 1.807) is 17.0 Å². The normalized spacial score (nSPS) is 18.9. The highest BCUT2D eigenvalue weighted by Gasteiger charge is 2.30. The largest absolute Gasteiger partial charge is 0.478 e. The van der Waals surface area contributed by atoms with E-state index in [0.717, 1.165) is 22.3 Å². The molecule has 3 atom stereocenters. The van der Waals surface area contributed by atoms with Gasteiger partial charge in [-0.2, -0.15) is 0 Å². The summed E-state index contributed by atoms with van der Waals surface area (Å²) in [5.41, 5.74) is 4.73. The van der Waals surface area contributed by atoms with E-state index >= 15 is 0 Å². The predicted octanol–water partition coefficient (Wildman–Crippen LogP) is 4.54. The van der Waals surface area contributed by atoms with Crippen LogP contribution in [0.5, 0.6) is 0 Å². The second kappa shape index (κ2) is 12.3. The Morgan fingerprint density at radius 1 is 1.03 bits per heavy atom. The van der Waals surface area contributed by atoms with Crippen LogP contribution in [0.25, 0.3) is 11.1 Å². The summed E-state index contributed by atoms with van der Waals surface area (Å²) < 4.78 is 6.56. The number of nitrogens with zero attached hydrogens (tertiary/aromatic N) is 2. The minimum absolute atomic E-state index is 0.0118. The van der Waals surface area contributed by atoms with Crippen LogP contribution in [0.1, 0.15) is 45.7 Å². The van der Waals surface area contributed by atoms with Crippen LogP contribution in [0, 0.1) is 5.92 Å². The Balaban J connectivity index is 1.63. The highest BCUT2D eigenvalue weighted by atomic mass is 16.5. The van der Waals surface area contributed by atoms with E-state index in [1.165, 1.54) is 0 Å². The van der Waals surface area contributed by atoms with Gasteiger partial charge in [0.2, 0.25) is 0 Å². The Bertz CT molecular complexity index is 1260. The Kier molecular flexibility index (Phi) is 8.94. The van der Waals surface area contributed by atoms with Crippen LogP contribution in [0.2, 0.25) is 0 Å². The van der Waals surface area contributed by atoms with Gasteiger partial charge in [-0.1, -0.05) is 61.5 Å². The lowest BCUT2D eigenvalue weighted by molar-refractivity contribution is -0.0241. The lowest BCUT2D eigenvalue weighted by Crippen LogP contribution is -2.47. The molecule has 0 fully saturated rings. The third-order valence-electron chi connectivity index (χ3n) is 7.24. The maximum Gasteiger partial charge on any atom is 0.335 e. The number of aromatic carboxylic acids is 1. The first-order valence-corrected chi connectivity index (χ1v) is 13.0. The van der Waals surface area contributed by atoms with Gasteiger partial charge in [-0.25, -0.2) is 4.79 Å². The number of carboxylic acids is 1. The number of rotatable bonds is 7. The highest BCUT2D eigenvalue weighted by molar-refractivity contribution is 6.01. The molecule has 0 saturated carbocycles. The number of carboxylic acid groups (broad SMARTS) is 1. The van der Waals surface area contributed by atoms with Crippen molar-refractivity contribution in [1.82, 2.24) is 9.80 Å². The maximum absolute atomic E-state index is 13.9. The molecule has 0 aromatic heterocycles. The number of hydrogen-bond donors (Lipinski definition) is 2. The van der Waals surface area contributed by atoms with Crippen molar-refractivity contribution in [3.8, 4) is 11.1 Å². The molecule has 3 aromatic carbocycles. The lowest BCUT2D eigenvalue weighted by atomic mass is 9.94. The number of carbonyl (C=O) groups is 2. The molecule has 1 aliphatic rings. The number of aliphatic hydroxyl groups excluding tert-OH is 1. The van der Waals surface area contributed by atoms with E-state index in [-0.39, 0.29) is 36.1 Å².